The van der Waals surface area contributed by atoms with Gasteiger partial charge in [0.1, 0.15) is 5.60 Å². The van der Waals surface area contributed by atoms with E-state index in [1.807, 2.05) is 0 Å². The van der Waals surface area contributed by atoms with Crippen LogP contribution in [0.2, 0.25) is 0 Å². The third-order valence-electron chi connectivity index (χ3n) is 2.66. The molecule has 13 heavy (non-hydrogen) atoms. The van der Waals surface area contributed by atoms with Crippen molar-refractivity contribution in [3.63, 3.8) is 0 Å². The SMILES string of the molecule is COC(OC)C(C)(O)C1CCOC1. The summed E-state index contributed by atoms with van der Waals surface area (Å²) in [5.41, 5.74) is -0.972. The zero-order chi connectivity index (χ0) is 9.90. The highest BCUT2D eigenvalue weighted by atomic mass is 16.7. The second-order valence-corrected chi connectivity index (χ2v) is 3.59. The van der Waals surface area contributed by atoms with Crippen LogP contribution >= 0.6 is 0 Å². The van der Waals surface area contributed by atoms with E-state index in [9.17, 15) is 5.11 Å². The van der Waals surface area contributed by atoms with Crippen LogP contribution in [0.25, 0.3) is 0 Å². The summed E-state index contributed by atoms with van der Waals surface area (Å²) < 4.78 is 15.3. The molecule has 0 saturated carbocycles. The van der Waals surface area contributed by atoms with E-state index in [-0.39, 0.29) is 5.92 Å². The summed E-state index contributed by atoms with van der Waals surface area (Å²) >= 11 is 0. The van der Waals surface area contributed by atoms with Crippen molar-refractivity contribution in [2.24, 2.45) is 5.92 Å². The Labute approximate surface area is 78.8 Å². The Morgan fingerprint density at radius 3 is 2.46 bits per heavy atom. The lowest BCUT2D eigenvalue weighted by Gasteiger charge is -2.34. The van der Waals surface area contributed by atoms with E-state index in [4.69, 9.17) is 14.2 Å². The van der Waals surface area contributed by atoms with Gasteiger partial charge in [0.25, 0.3) is 0 Å². The second kappa shape index (κ2) is 4.37. The molecule has 1 saturated heterocycles. The van der Waals surface area contributed by atoms with Gasteiger partial charge in [0.2, 0.25) is 0 Å². The first-order valence-electron chi connectivity index (χ1n) is 4.48. The average Bonchev–Trinajstić information content (AvgIpc) is 2.58. The van der Waals surface area contributed by atoms with Crippen molar-refractivity contribution in [1.82, 2.24) is 0 Å². The van der Waals surface area contributed by atoms with Crippen molar-refractivity contribution in [3.05, 3.63) is 0 Å². The molecule has 0 bridgehead atoms. The molecular formula is C9H18O4. The van der Waals surface area contributed by atoms with Crippen molar-refractivity contribution in [2.45, 2.75) is 25.2 Å². The van der Waals surface area contributed by atoms with Crippen LogP contribution in [0.3, 0.4) is 0 Å². The predicted octanol–water partition coefficient (Wildman–Crippen LogP) is 0.393. The van der Waals surface area contributed by atoms with E-state index < -0.39 is 11.9 Å². The molecule has 1 aliphatic heterocycles. The monoisotopic (exact) mass is 190 g/mol. The number of ether oxygens (including phenoxy) is 3. The maximum absolute atomic E-state index is 10.1. The lowest BCUT2D eigenvalue weighted by atomic mass is 9.88. The van der Waals surface area contributed by atoms with Crippen LogP contribution in [-0.2, 0) is 14.2 Å². The Morgan fingerprint density at radius 1 is 1.46 bits per heavy atom. The van der Waals surface area contributed by atoms with Gasteiger partial charge in [0.05, 0.1) is 6.61 Å². The van der Waals surface area contributed by atoms with Crippen LogP contribution in [0.5, 0.6) is 0 Å². The number of aliphatic hydroxyl groups is 1. The first-order valence-corrected chi connectivity index (χ1v) is 4.48. The first kappa shape index (κ1) is 10.9. The number of rotatable bonds is 4. The summed E-state index contributed by atoms with van der Waals surface area (Å²) in [6.07, 6.45) is 0.273. The lowest BCUT2D eigenvalue weighted by molar-refractivity contribution is -0.226. The highest BCUT2D eigenvalue weighted by molar-refractivity contribution is 4.87. The van der Waals surface area contributed by atoms with Crippen LogP contribution in [0, 0.1) is 5.92 Å². The van der Waals surface area contributed by atoms with E-state index in [1.54, 1.807) is 6.92 Å². The van der Waals surface area contributed by atoms with E-state index >= 15 is 0 Å². The van der Waals surface area contributed by atoms with Crippen molar-refractivity contribution >= 4 is 0 Å². The van der Waals surface area contributed by atoms with Crippen molar-refractivity contribution < 1.29 is 19.3 Å². The second-order valence-electron chi connectivity index (χ2n) is 3.59. The van der Waals surface area contributed by atoms with Gasteiger partial charge in [-0.15, -0.1) is 0 Å². The molecule has 2 unspecified atom stereocenters. The standard InChI is InChI=1S/C9H18O4/c1-9(10,8(11-2)12-3)7-4-5-13-6-7/h7-8,10H,4-6H2,1-3H3. The van der Waals surface area contributed by atoms with Crippen molar-refractivity contribution in [1.29, 1.82) is 0 Å². The molecule has 1 rings (SSSR count). The maximum Gasteiger partial charge on any atom is 0.185 e. The topological polar surface area (TPSA) is 47.9 Å². The lowest BCUT2D eigenvalue weighted by Crippen LogP contribution is -2.48. The molecule has 78 valence electrons. The Balaban J connectivity index is 2.60. The summed E-state index contributed by atoms with van der Waals surface area (Å²) in [5.74, 6) is 0.0948. The van der Waals surface area contributed by atoms with Gasteiger partial charge < -0.3 is 19.3 Å². The molecular weight excluding hydrogens is 172 g/mol. The highest BCUT2D eigenvalue weighted by Crippen LogP contribution is 2.30. The fraction of sp³-hybridized carbons (Fsp3) is 1.00. The first-order chi connectivity index (χ1) is 6.12. The highest BCUT2D eigenvalue weighted by Gasteiger charge is 2.42. The Bertz CT molecular complexity index is 144. The molecule has 2 atom stereocenters. The zero-order valence-corrected chi connectivity index (χ0v) is 8.45. The van der Waals surface area contributed by atoms with Gasteiger partial charge >= 0.3 is 0 Å². The molecule has 1 N–H and O–H groups in total. The molecule has 0 aromatic rings. The molecule has 0 aromatic heterocycles. The molecule has 0 radical (unpaired) electrons. The van der Waals surface area contributed by atoms with Gasteiger partial charge in [0.15, 0.2) is 6.29 Å². The molecule has 0 aliphatic carbocycles. The van der Waals surface area contributed by atoms with Crippen molar-refractivity contribution in [2.75, 3.05) is 27.4 Å². The quantitative estimate of drug-likeness (QED) is 0.652. The zero-order valence-electron chi connectivity index (χ0n) is 8.45. The predicted molar refractivity (Wildman–Crippen MR) is 47.4 cm³/mol. The molecule has 4 nitrogen and oxygen atoms in total. The van der Waals surface area contributed by atoms with Crippen LogP contribution in [0.15, 0.2) is 0 Å². The van der Waals surface area contributed by atoms with E-state index in [2.05, 4.69) is 0 Å². The van der Waals surface area contributed by atoms with E-state index in [1.165, 1.54) is 14.2 Å². The maximum atomic E-state index is 10.1. The molecule has 4 heteroatoms. The van der Waals surface area contributed by atoms with E-state index in [0.717, 1.165) is 6.42 Å². The molecule has 1 heterocycles. The molecule has 0 amide bonds. The van der Waals surface area contributed by atoms with Crippen molar-refractivity contribution in [3.8, 4) is 0 Å². The van der Waals surface area contributed by atoms with Crippen LogP contribution in [0.1, 0.15) is 13.3 Å². The molecule has 1 aliphatic rings. The van der Waals surface area contributed by atoms with Gasteiger partial charge in [-0.1, -0.05) is 0 Å². The van der Waals surface area contributed by atoms with Crippen LogP contribution in [0.4, 0.5) is 0 Å². The Hall–Kier alpha value is -0.160. The Kier molecular flexibility index (Phi) is 3.67. The summed E-state index contributed by atoms with van der Waals surface area (Å²) in [7, 11) is 3.05. The summed E-state index contributed by atoms with van der Waals surface area (Å²) in [4.78, 5) is 0. The van der Waals surface area contributed by atoms with Crippen LogP contribution < -0.4 is 0 Å². The normalized spacial score (nSPS) is 27.9. The van der Waals surface area contributed by atoms with Gasteiger partial charge in [-0.05, 0) is 13.3 Å². The number of hydrogen-bond acceptors (Lipinski definition) is 4. The van der Waals surface area contributed by atoms with Gasteiger partial charge in [-0.2, -0.15) is 0 Å². The number of methoxy groups -OCH3 is 2. The van der Waals surface area contributed by atoms with Gasteiger partial charge in [-0.25, -0.2) is 0 Å². The Morgan fingerprint density at radius 2 is 2.08 bits per heavy atom. The molecule has 0 spiro atoms. The van der Waals surface area contributed by atoms with Crippen LogP contribution in [-0.4, -0.2) is 44.4 Å². The van der Waals surface area contributed by atoms with Gasteiger partial charge in [0, 0.05) is 26.7 Å². The molecule has 0 aromatic carbocycles. The minimum absolute atomic E-state index is 0.0948. The third kappa shape index (κ3) is 2.20. The molecule has 1 fully saturated rings. The largest absolute Gasteiger partial charge is 0.384 e. The fourth-order valence-corrected chi connectivity index (χ4v) is 1.76. The summed E-state index contributed by atoms with van der Waals surface area (Å²) in [5, 5.41) is 10.1. The third-order valence-corrected chi connectivity index (χ3v) is 2.66. The fourth-order valence-electron chi connectivity index (χ4n) is 1.76. The minimum Gasteiger partial charge on any atom is -0.384 e. The number of hydrogen-bond donors (Lipinski definition) is 1. The summed E-state index contributed by atoms with van der Waals surface area (Å²) in [6, 6.07) is 0. The minimum atomic E-state index is -0.972. The van der Waals surface area contributed by atoms with Gasteiger partial charge in [-0.3, -0.25) is 0 Å². The average molecular weight is 190 g/mol. The summed E-state index contributed by atoms with van der Waals surface area (Å²) in [6.45, 7) is 3.02. The van der Waals surface area contributed by atoms with E-state index in [0.29, 0.717) is 13.2 Å². The smallest absolute Gasteiger partial charge is 0.185 e.